The molecule has 2 nitrogen and oxygen atoms in total. The van der Waals surface area contributed by atoms with Crippen LogP contribution in [0.4, 0.5) is 13.2 Å². The number of carbonyl (C=O) groups excluding carboxylic acids is 1. The quantitative estimate of drug-likeness (QED) is 0.903. The smallest absolute Gasteiger partial charge is 0.327 e. The van der Waals surface area contributed by atoms with Crippen LogP contribution in [-0.4, -0.2) is 11.8 Å². The zero-order valence-corrected chi connectivity index (χ0v) is 10.3. The Morgan fingerprint density at radius 1 is 1.22 bits per heavy atom. The van der Waals surface area contributed by atoms with Gasteiger partial charge in [0.15, 0.2) is 0 Å². The Morgan fingerprint density at radius 2 is 1.72 bits per heavy atom. The minimum atomic E-state index is -4.35. The predicted molar refractivity (Wildman–Crippen MR) is 63.0 cm³/mol. The van der Waals surface area contributed by atoms with E-state index < -0.39 is 11.7 Å². The first kappa shape index (κ1) is 14.7. The number of Topliss-reactive ketones (excluding diaryl/α,β-unsaturated/α-hetero) is 1. The molecule has 1 aromatic rings. The number of benzene rings is 1. The molecule has 0 aliphatic carbocycles. The Morgan fingerprint density at radius 3 is 2.11 bits per heavy atom. The van der Waals surface area contributed by atoms with Gasteiger partial charge >= 0.3 is 6.18 Å². The fourth-order valence-electron chi connectivity index (χ4n) is 1.47. The van der Waals surface area contributed by atoms with Crippen LogP contribution in [0.15, 0.2) is 24.3 Å². The fraction of sp³-hybridized carbons (Fsp3) is 0.462. The van der Waals surface area contributed by atoms with Crippen molar-refractivity contribution >= 4 is 5.78 Å². The molecule has 0 aromatic heterocycles. The normalized spacial score (nSPS) is 15.2. The van der Waals surface area contributed by atoms with Crippen LogP contribution in [0.25, 0.3) is 0 Å². The summed E-state index contributed by atoms with van der Waals surface area (Å²) in [6, 6.07) is 4.37. The van der Waals surface area contributed by atoms with Crippen LogP contribution in [-0.2, 0) is 17.4 Å². The second-order valence-corrected chi connectivity index (χ2v) is 4.49. The summed E-state index contributed by atoms with van der Waals surface area (Å²) in [5.41, 5.74) is 5.46. The summed E-state index contributed by atoms with van der Waals surface area (Å²) in [4.78, 5) is 11.7. The van der Waals surface area contributed by atoms with Gasteiger partial charge < -0.3 is 5.73 Å². The summed E-state index contributed by atoms with van der Waals surface area (Å²) >= 11 is 0. The second kappa shape index (κ2) is 5.52. The maximum Gasteiger partial charge on any atom is 0.416 e. The molecule has 1 rings (SSSR count). The van der Waals surface area contributed by atoms with Gasteiger partial charge in [0.1, 0.15) is 5.78 Å². The predicted octanol–water partition coefficient (Wildman–Crippen LogP) is 2.80. The molecule has 0 bridgehead atoms. The van der Waals surface area contributed by atoms with Gasteiger partial charge in [0, 0.05) is 18.4 Å². The molecule has 5 heteroatoms. The van der Waals surface area contributed by atoms with Crippen molar-refractivity contribution in [2.24, 2.45) is 11.7 Å². The summed E-state index contributed by atoms with van der Waals surface area (Å²) < 4.78 is 37.0. The number of halogens is 3. The summed E-state index contributed by atoms with van der Waals surface area (Å²) in [6.07, 6.45) is -4.23. The second-order valence-electron chi connectivity index (χ2n) is 4.49. The van der Waals surface area contributed by atoms with E-state index >= 15 is 0 Å². The van der Waals surface area contributed by atoms with E-state index in [0.29, 0.717) is 5.56 Å². The van der Waals surface area contributed by atoms with Crippen molar-refractivity contribution in [3.05, 3.63) is 35.4 Å². The Balaban J connectivity index is 2.73. The van der Waals surface area contributed by atoms with Gasteiger partial charge in [-0.15, -0.1) is 0 Å². The zero-order chi connectivity index (χ0) is 13.9. The van der Waals surface area contributed by atoms with Crippen molar-refractivity contribution < 1.29 is 18.0 Å². The molecular formula is C13H16F3NO. The van der Waals surface area contributed by atoms with Gasteiger partial charge in [-0.25, -0.2) is 0 Å². The SMILES string of the molecule is CC(N)C(C)C(=O)Cc1ccc(C(F)(F)F)cc1. The number of alkyl halides is 3. The lowest BCUT2D eigenvalue weighted by molar-refractivity contribution is -0.137. The maximum atomic E-state index is 12.3. The van der Waals surface area contributed by atoms with Crippen molar-refractivity contribution in [3.8, 4) is 0 Å². The highest BCUT2D eigenvalue weighted by atomic mass is 19.4. The zero-order valence-electron chi connectivity index (χ0n) is 10.3. The van der Waals surface area contributed by atoms with E-state index in [1.54, 1.807) is 13.8 Å². The molecule has 1 aromatic carbocycles. The van der Waals surface area contributed by atoms with Gasteiger partial charge in [0.05, 0.1) is 5.56 Å². The molecular weight excluding hydrogens is 243 g/mol. The highest BCUT2D eigenvalue weighted by Crippen LogP contribution is 2.29. The summed E-state index contributed by atoms with van der Waals surface area (Å²) in [5.74, 6) is -0.364. The first-order valence-electron chi connectivity index (χ1n) is 5.66. The highest BCUT2D eigenvalue weighted by molar-refractivity contribution is 5.83. The third kappa shape index (κ3) is 3.84. The molecule has 0 amide bonds. The first-order chi connectivity index (χ1) is 8.21. The van der Waals surface area contributed by atoms with Crippen LogP contribution in [0.2, 0.25) is 0 Å². The van der Waals surface area contributed by atoms with Gasteiger partial charge in [-0.2, -0.15) is 13.2 Å². The van der Waals surface area contributed by atoms with E-state index in [-0.39, 0.29) is 24.2 Å². The molecule has 0 saturated heterocycles. The summed E-state index contributed by atoms with van der Waals surface area (Å²) in [6.45, 7) is 3.45. The molecule has 100 valence electrons. The Labute approximate surface area is 104 Å². The van der Waals surface area contributed by atoms with Crippen molar-refractivity contribution in [1.82, 2.24) is 0 Å². The molecule has 0 heterocycles. The number of nitrogens with two attached hydrogens (primary N) is 1. The van der Waals surface area contributed by atoms with Crippen LogP contribution < -0.4 is 5.73 Å². The molecule has 2 atom stereocenters. The van der Waals surface area contributed by atoms with E-state index in [1.165, 1.54) is 12.1 Å². The van der Waals surface area contributed by atoms with Crippen molar-refractivity contribution in [2.45, 2.75) is 32.5 Å². The molecule has 0 saturated carbocycles. The van der Waals surface area contributed by atoms with E-state index in [4.69, 9.17) is 5.73 Å². The molecule has 18 heavy (non-hydrogen) atoms. The van der Waals surface area contributed by atoms with E-state index in [9.17, 15) is 18.0 Å². The number of ketones is 1. The van der Waals surface area contributed by atoms with Crippen LogP contribution in [0.5, 0.6) is 0 Å². The molecule has 0 fully saturated rings. The lowest BCUT2D eigenvalue weighted by Crippen LogP contribution is -2.31. The average Bonchev–Trinajstić information content (AvgIpc) is 2.27. The lowest BCUT2D eigenvalue weighted by atomic mass is 9.94. The number of hydrogen-bond donors (Lipinski definition) is 1. The fourth-order valence-corrected chi connectivity index (χ4v) is 1.47. The minimum absolute atomic E-state index is 0.0650. The number of carbonyl (C=O) groups is 1. The first-order valence-corrected chi connectivity index (χ1v) is 5.66. The van der Waals surface area contributed by atoms with Gasteiger partial charge in [0.25, 0.3) is 0 Å². The molecule has 2 unspecified atom stereocenters. The maximum absolute atomic E-state index is 12.3. The van der Waals surface area contributed by atoms with Crippen molar-refractivity contribution in [2.75, 3.05) is 0 Å². The number of hydrogen-bond acceptors (Lipinski definition) is 2. The van der Waals surface area contributed by atoms with Gasteiger partial charge in [-0.3, -0.25) is 4.79 Å². The van der Waals surface area contributed by atoms with Gasteiger partial charge in [-0.05, 0) is 24.6 Å². The van der Waals surface area contributed by atoms with Crippen LogP contribution in [0.3, 0.4) is 0 Å². The largest absolute Gasteiger partial charge is 0.416 e. The molecule has 2 N–H and O–H groups in total. The lowest BCUT2D eigenvalue weighted by Gasteiger charge is -2.14. The van der Waals surface area contributed by atoms with E-state index in [2.05, 4.69) is 0 Å². The average molecular weight is 259 g/mol. The highest BCUT2D eigenvalue weighted by Gasteiger charge is 2.30. The Bertz CT molecular complexity index is 409. The summed E-state index contributed by atoms with van der Waals surface area (Å²) in [5, 5.41) is 0. The molecule has 0 aliphatic heterocycles. The van der Waals surface area contributed by atoms with E-state index in [0.717, 1.165) is 12.1 Å². The molecule has 0 spiro atoms. The van der Waals surface area contributed by atoms with Crippen LogP contribution in [0, 0.1) is 5.92 Å². The van der Waals surface area contributed by atoms with Gasteiger partial charge in [0.2, 0.25) is 0 Å². The van der Waals surface area contributed by atoms with E-state index in [1.807, 2.05) is 0 Å². The topological polar surface area (TPSA) is 43.1 Å². The van der Waals surface area contributed by atoms with Crippen LogP contribution in [0.1, 0.15) is 25.0 Å². The molecule has 0 aliphatic rings. The third-order valence-corrected chi connectivity index (χ3v) is 2.96. The van der Waals surface area contributed by atoms with Crippen molar-refractivity contribution in [1.29, 1.82) is 0 Å². The number of rotatable bonds is 4. The minimum Gasteiger partial charge on any atom is -0.327 e. The summed E-state index contributed by atoms with van der Waals surface area (Å²) in [7, 11) is 0. The standard InChI is InChI=1S/C13H16F3NO/c1-8(9(2)17)12(18)7-10-3-5-11(6-4-10)13(14,15)16/h3-6,8-9H,7,17H2,1-2H3. The van der Waals surface area contributed by atoms with Gasteiger partial charge in [-0.1, -0.05) is 19.1 Å². The molecule has 0 radical (unpaired) electrons. The monoisotopic (exact) mass is 259 g/mol. The van der Waals surface area contributed by atoms with Crippen molar-refractivity contribution in [3.63, 3.8) is 0 Å². The Hall–Kier alpha value is -1.36. The van der Waals surface area contributed by atoms with Crippen LogP contribution >= 0.6 is 0 Å². The Kier molecular flexibility index (Phi) is 4.51. The third-order valence-electron chi connectivity index (χ3n) is 2.96.